The molecule has 1 aliphatic heterocycles. The summed E-state index contributed by atoms with van der Waals surface area (Å²) in [6, 6.07) is 0. The van der Waals surface area contributed by atoms with Crippen molar-refractivity contribution in [2.45, 2.75) is 44.1 Å². The summed E-state index contributed by atoms with van der Waals surface area (Å²) in [7, 11) is 0. The zero-order valence-electron chi connectivity index (χ0n) is 7.72. The molecule has 1 saturated carbocycles. The zero-order chi connectivity index (χ0) is 8.44. The molecule has 70 valence electrons. The van der Waals surface area contributed by atoms with Crippen LogP contribution in [-0.2, 0) is 4.74 Å². The van der Waals surface area contributed by atoms with Crippen molar-refractivity contribution in [2.75, 3.05) is 13.2 Å². The lowest BCUT2D eigenvalue weighted by Crippen LogP contribution is -2.48. The minimum Gasteiger partial charge on any atom is -0.381 e. The third-order valence-corrected chi connectivity index (χ3v) is 3.39. The molecule has 12 heavy (non-hydrogen) atoms. The van der Waals surface area contributed by atoms with Crippen LogP contribution in [0, 0.1) is 5.92 Å². The molecule has 1 heterocycles. The van der Waals surface area contributed by atoms with Gasteiger partial charge in [0.25, 0.3) is 0 Å². The zero-order valence-corrected chi connectivity index (χ0v) is 7.72. The van der Waals surface area contributed by atoms with Crippen molar-refractivity contribution in [3.05, 3.63) is 0 Å². The van der Waals surface area contributed by atoms with Crippen molar-refractivity contribution in [1.82, 2.24) is 0 Å². The maximum Gasteiger partial charge on any atom is 0.0468 e. The second-order valence-electron chi connectivity index (χ2n) is 4.48. The van der Waals surface area contributed by atoms with E-state index >= 15 is 0 Å². The summed E-state index contributed by atoms with van der Waals surface area (Å²) in [5, 5.41) is 0. The first-order valence-electron chi connectivity index (χ1n) is 5.15. The average molecular weight is 169 g/mol. The van der Waals surface area contributed by atoms with Crippen LogP contribution in [0.2, 0.25) is 0 Å². The molecule has 2 heteroatoms. The lowest BCUT2D eigenvalue weighted by molar-refractivity contribution is 0.0481. The number of nitrogens with two attached hydrogens (primary N) is 1. The Balaban J connectivity index is 1.77. The second kappa shape index (κ2) is 3.35. The van der Waals surface area contributed by atoms with Crippen LogP contribution in [0.15, 0.2) is 0 Å². The van der Waals surface area contributed by atoms with E-state index in [0.29, 0.717) is 0 Å². The van der Waals surface area contributed by atoms with E-state index in [-0.39, 0.29) is 5.54 Å². The molecule has 1 saturated heterocycles. The molecule has 0 amide bonds. The van der Waals surface area contributed by atoms with E-state index < -0.39 is 0 Å². The van der Waals surface area contributed by atoms with Crippen LogP contribution in [0.4, 0.5) is 0 Å². The van der Waals surface area contributed by atoms with E-state index in [0.717, 1.165) is 19.1 Å². The summed E-state index contributed by atoms with van der Waals surface area (Å²) in [4.78, 5) is 0. The van der Waals surface area contributed by atoms with Gasteiger partial charge in [0.05, 0.1) is 0 Å². The van der Waals surface area contributed by atoms with Crippen LogP contribution < -0.4 is 5.73 Å². The first-order valence-corrected chi connectivity index (χ1v) is 5.15. The smallest absolute Gasteiger partial charge is 0.0468 e. The third-order valence-electron chi connectivity index (χ3n) is 3.39. The molecule has 2 fully saturated rings. The quantitative estimate of drug-likeness (QED) is 0.682. The van der Waals surface area contributed by atoms with E-state index in [1.165, 1.54) is 38.5 Å². The standard InChI is InChI=1S/C10H19NO/c11-10(4-1-5-10)8-9-2-6-12-7-3-9/h9H,1-8,11H2. The van der Waals surface area contributed by atoms with Gasteiger partial charge in [-0.05, 0) is 44.4 Å². The number of hydrogen-bond acceptors (Lipinski definition) is 2. The van der Waals surface area contributed by atoms with Gasteiger partial charge in [0, 0.05) is 18.8 Å². The molecular formula is C10H19NO. The van der Waals surface area contributed by atoms with E-state index in [9.17, 15) is 0 Å². The van der Waals surface area contributed by atoms with Gasteiger partial charge in [0.15, 0.2) is 0 Å². The molecule has 0 aromatic rings. The maximum atomic E-state index is 6.19. The Labute approximate surface area is 74.5 Å². The second-order valence-corrected chi connectivity index (χ2v) is 4.48. The molecule has 0 aromatic heterocycles. The number of rotatable bonds is 2. The van der Waals surface area contributed by atoms with Crippen LogP contribution in [0.1, 0.15) is 38.5 Å². The van der Waals surface area contributed by atoms with Crippen LogP contribution in [0.25, 0.3) is 0 Å². The molecule has 0 atom stereocenters. The largest absolute Gasteiger partial charge is 0.381 e. The average Bonchev–Trinajstić information content (AvgIpc) is 2.04. The Morgan fingerprint density at radius 2 is 1.92 bits per heavy atom. The van der Waals surface area contributed by atoms with Crippen molar-refractivity contribution in [3.8, 4) is 0 Å². The van der Waals surface area contributed by atoms with Crippen molar-refractivity contribution in [1.29, 1.82) is 0 Å². The number of ether oxygens (including phenoxy) is 1. The molecule has 0 unspecified atom stereocenters. The molecular weight excluding hydrogens is 150 g/mol. The number of hydrogen-bond donors (Lipinski definition) is 1. The van der Waals surface area contributed by atoms with Gasteiger partial charge < -0.3 is 10.5 Å². The van der Waals surface area contributed by atoms with E-state index in [4.69, 9.17) is 10.5 Å². The summed E-state index contributed by atoms with van der Waals surface area (Å²) in [5.74, 6) is 0.851. The van der Waals surface area contributed by atoms with Crippen molar-refractivity contribution >= 4 is 0 Å². The summed E-state index contributed by atoms with van der Waals surface area (Å²) in [6.45, 7) is 1.92. The molecule has 2 rings (SSSR count). The van der Waals surface area contributed by atoms with Gasteiger partial charge in [0.1, 0.15) is 0 Å². The van der Waals surface area contributed by atoms with Crippen LogP contribution in [-0.4, -0.2) is 18.8 Å². The molecule has 0 aromatic carbocycles. The van der Waals surface area contributed by atoms with E-state index in [1.807, 2.05) is 0 Å². The van der Waals surface area contributed by atoms with Gasteiger partial charge in [0.2, 0.25) is 0 Å². The van der Waals surface area contributed by atoms with Gasteiger partial charge in [-0.3, -0.25) is 0 Å². The minimum atomic E-state index is 0.224. The summed E-state index contributed by atoms with van der Waals surface area (Å²) in [6.07, 6.45) is 7.57. The first-order chi connectivity index (χ1) is 5.79. The Hall–Kier alpha value is -0.0800. The van der Waals surface area contributed by atoms with Crippen molar-refractivity contribution < 1.29 is 4.74 Å². The molecule has 0 bridgehead atoms. The predicted octanol–water partition coefficient (Wildman–Crippen LogP) is 1.68. The third kappa shape index (κ3) is 1.80. The first kappa shape index (κ1) is 8.52. The molecule has 2 nitrogen and oxygen atoms in total. The minimum absolute atomic E-state index is 0.224. The van der Waals surface area contributed by atoms with Gasteiger partial charge >= 0.3 is 0 Å². The Morgan fingerprint density at radius 3 is 2.42 bits per heavy atom. The fraction of sp³-hybridized carbons (Fsp3) is 1.00. The summed E-state index contributed by atoms with van der Waals surface area (Å²) in [5.41, 5.74) is 6.42. The predicted molar refractivity (Wildman–Crippen MR) is 48.9 cm³/mol. The fourth-order valence-electron chi connectivity index (χ4n) is 2.36. The highest BCUT2D eigenvalue weighted by molar-refractivity contribution is 4.94. The topological polar surface area (TPSA) is 35.2 Å². The van der Waals surface area contributed by atoms with Crippen molar-refractivity contribution in [2.24, 2.45) is 11.7 Å². The Morgan fingerprint density at radius 1 is 1.25 bits per heavy atom. The van der Waals surface area contributed by atoms with Gasteiger partial charge in [-0.15, -0.1) is 0 Å². The Bertz CT molecular complexity index is 148. The van der Waals surface area contributed by atoms with Crippen LogP contribution in [0.5, 0.6) is 0 Å². The monoisotopic (exact) mass is 169 g/mol. The molecule has 1 aliphatic carbocycles. The normalized spacial score (nSPS) is 29.8. The van der Waals surface area contributed by atoms with Gasteiger partial charge in [-0.2, -0.15) is 0 Å². The van der Waals surface area contributed by atoms with Crippen LogP contribution in [0.3, 0.4) is 0 Å². The molecule has 2 aliphatic rings. The van der Waals surface area contributed by atoms with Gasteiger partial charge in [-0.25, -0.2) is 0 Å². The summed E-state index contributed by atoms with van der Waals surface area (Å²) >= 11 is 0. The fourth-order valence-corrected chi connectivity index (χ4v) is 2.36. The highest BCUT2D eigenvalue weighted by Crippen LogP contribution is 2.37. The maximum absolute atomic E-state index is 6.19. The summed E-state index contributed by atoms with van der Waals surface area (Å²) < 4.78 is 5.33. The van der Waals surface area contributed by atoms with E-state index in [2.05, 4.69) is 0 Å². The van der Waals surface area contributed by atoms with Gasteiger partial charge in [-0.1, -0.05) is 0 Å². The SMILES string of the molecule is NC1(CC2CCOCC2)CCC1. The highest BCUT2D eigenvalue weighted by atomic mass is 16.5. The van der Waals surface area contributed by atoms with E-state index in [1.54, 1.807) is 0 Å². The highest BCUT2D eigenvalue weighted by Gasteiger charge is 2.35. The lowest BCUT2D eigenvalue weighted by atomic mass is 9.71. The molecule has 0 spiro atoms. The molecule has 2 N–H and O–H groups in total. The van der Waals surface area contributed by atoms with Crippen molar-refractivity contribution in [3.63, 3.8) is 0 Å². The Kier molecular flexibility index (Phi) is 2.37. The molecule has 0 radical (unpaired) electrons. The lowest BCUT2D eigenvalue weighted by Gasteiger charge is -2.41. The van der Waals surface area contributed by atoms with Crippen LogP contribution >= 0.6 is 0 Å².